The molecule has 1 aromatic heterocycles. The summed E-state index contributed by atoms with van der Waals surface area (Å²) in [6, 6.07) is 7.06. The molecule has 3 rings (SSSR count). The van der Waals surface area contributed by atoms with Crippen LogP contribution in [0, 0.1) is 0 Å². The highest BCUT2D eigenvalue weighted by atomic mass is 16.5. The van der Waals surface area contributed by atoms with Gasteiger partial charge in [0, 0.05) is 12.0 Å². The maximum atomic E-state index is 9.24. The minimum absolute atomic E-state index is 0.271. The summed E-state index contributed by atoms with van der Waals surface area (Å²) in [6.07, 6.45) is 2.73. The Labute approximate surface area is 93.1 Å². The number of fused-ring (bicyclic) bond motifs is 1. The second kappa shape index (κ2) is 3.64. The lowest BCUT2D eigenvalue weighted by Gasteiger charge is -2.14. The molecule has 1 N–H and O–H groups in total. The molecular formula is C12H12N2O2. The lowest BCUT2D eigenvalue weighted by molar-refractivity contribution is 0.109. The summed E-state index contributed by atoms with van der Waals surface area (Å²) in [7, 11) is 0. The molecule has 1 aromatic carbocycles. The van der Waals surface area contributed by atoms with E-state index in [1.807, 2.05) is 23.0 Å². The fourth-order valence-electron chi connectivity index (χ4n) is 1.96. The van der Waals surface area contributed by atoms with Gasteiger partial charge in [-0.15, -0.1) is 0 Å². The van der Waals surface area contributed by atoms with Crippen molar-refractivity contribution in [2.45, 2.75) is 13.0 Å². The zero-order valence-corrected chi connectivity index (χ0v) is 8.76. The number of hydrogen-bond acceptors (Lipinski definition) is 3. The average Bonchev–Trinajstić information content (AvgIpc) is 2.74. The smallest absolute Gasteiger partial charge is 0.115 e. The van der Waals surface area contributed by atoms with Crippen LogP contribution in [0.3, 0.4) is 0 Å². The van der Waals surface area contributed by atoms with Crippen LogP contribution in [0.5, 0.6) is 5.75 Å². The van der Waals surface area contributed by atoms with E-state index in [0.717, 1.165) is 24.3 Å². The molecule has 0 amide bonds. The fourth-order valence-corrected chi connectivity index (χ4v) is 1.96. The van der Waals surface area contributed by atoms with Gasteiger partial charge in [0.1, 0.15) is 5.75 Å². The fraction of sp³-hybridized carbons (Fsp3) is 0.250. The van der Waals surface area contributed by atoms with Gasteiger partial charge in [0.05, 0.1) is 30.8 Å². The second-order valence-electron chi connectivity index (χ2n) is 3.85. The van der Waals surface area contributed by atoms with Crippen LogP contribution in [0.4, 0.5) is 0 Å². The molecule has 0 radical (unpaired) electrons. The number of rotatable bonds is 1. The van der Waals surface area contributed by atoms with Gasteiger partial charge < -0.3 is 9.84 Å². The maximum absolute atomic E-state index is 9.24. The van der Waals surface area contributed by atoms with Crippen molar-refractivity contribution in [2.24, 2.45) is 0 Å². The summed E-state index contributed by atoms with van der Waals surface area (Å²) in [6.45, 7) is 1.39. The van der Waals surface area contributed by atoms with Gasteiger partial charge in [-0.05, 0) is 24.3 Å². The molecule has 1 aliphatic heterocycles. The highest BCUT2D eigenvalue weighted by Crippen LogP contribution is 2.21. The van der Waals surface area contributed by atoms with Crippen molar-refractivity contribution in [1.82, 2.24) is 9.78 Å². The third-order valence-electron chi connectivity index (χ3n) is 2.79. The topological polar surface area (TPSA) is 47.3 Å². The first-order valence-corrected chi connectivity index (χ1v) is 5.27. The Morgan fingerprint density at radius 3 is 2.88 bits per heavy atom. The van der Waals surface area contributed by atoms with Crippen molar-refractivity contribution in [2.75, 3.05) is 6.61 Å². The van der Waals surface area contributed by atoms with Crippen molar-refractivity contribution < 1.29 is 9.84 Å². The number of nitrogens with zero attached hydrogens (tertiary/aromatic N) is 2. The van der Waals surface area contributed by atoms with E-state index in [0.29, 0.717) is 6.61 Å². The van der Waals surface area contributed by atoms with Crippen LogP contribution < -0.4 is 0 Å². The monoisotopic (exact) mass is 216 g/mol. The van der Waals surface area contributed by atoms with E-state index < -0.39 is 0 Å². The Balaban J connectivity index is 2.06. The van der Waals surface area contributed by atoms with Crippen molar-refractivity contribution >= 4 is 0 Å². The van der Waals surface area contributed by atoms with E-state index in [1.54, 1.807) is 12.1 Å². The molecule has 0 spiro atoms. The van der Waals surface area contributed by atoms with Gasteiger partial charge in [0.15, 0.2) is 0 Å². The van der Waals surface area contributed by atoms with E-state index in [9.17, 15) is 5.11 Å². The van der Waals surface area contributed by atoms with E-state index in [4.69, 9.17) is 4.74 Å². The van der Waals surface area contributed by atoms with Crippen molar-refractivity contribution in [1.29, 1.82) is 0 Å². The largest absolute Gasteiger partial charge is 0.508 e. The standard InChI is InChI=1S/C12H12N2O2/c15-11-3-1-10(2-4-11)14-12-5-6-16-8-9(12)7-13-14/h1-4,7,15H,5-6,8H2. The summed E-state index contributed by atoms with van der Waals surface area (Å²) >= 11 is 0. The van der Waals surface area contributed by atoms with Crippen molar-refractivity contribution in [3.8, 4) is 11.4 Å². The van der Waals surface area contributed by atoms with Crippen LogP contribution in [0.1, 0.15) is 11.3 Å². The maximum Gasteiger partial charge on any atom is 0.115 e. The molecule has 0 aliphatic carbocycles. The molecule has 0 atom stereocenters. The van der Waals surface area contributed by atoms with E-state index in [-0.39, 0.29) is 5.75 Å². The number of phenolic OH excluding ortho intramolecular Hbond substituents is 1. The molecule has 0 saturated heterocycles. The predicted molar refractivity (Wildman–Crippen MR) is 58.6 cm³/mol. The average molecular weight is 216 g/mol. The lowest BCUT2D eigenvalue weighted by Crippen LogP contribution is -2.12. The Bertz CT molecular complexity index is 502. The van der Waals surface area contributed by atoms with Gasteiger partial charge in [-0.2, -0.15) is 5.10 Å². The molecule has 0 saturated carbocycles. The molecule has 4 heteroatoms. The molecule has 0 fully saturated rings. The Hall–Kier alpha value is -1.81. The second-order valence-corrected chi connectivity index (χ2v) is 3.85. The predicted octanol–water partition coefficient (Wildman–Crippen LogP) is 1.65. The number of ether oxygens (including phenoxy) is 1. The van der Waals surface area contributed by atoms with Gasteiger partial charge in [-0.1, -0.05) is 0 Å². The normalized spacial score (nSPS) is 14.8. The van der Waals surface area contributed by atoms with E-state index in [1.165, 1.54) is 5.69 Å². The first-order chi connectivity index (χ1) is 7.84. The van der Waals surface area contributed by atoms with E-state index >= 15 is 0 Å². The minimum atomic E-state index is 0.271. The highest BCUT2D eigenvalue weighted by Gasteiger charge is 2.15. The zero-order valence-electron chi connectivity index (χ0n) is 8.76. The Kier molecular flexibility index (Phi) is 2.15. The van der Waals surface area contributed by atoms with Crippen LogP contribution in [0.2, 0.25) is 0 Å². The first kappa shape index (κ1) is 9.42. The number of aromatic hydroxyl groups is 1. The van der Waals surface area contributed by atoms with Gasteiger partial charge in [0.25, 0.3) is 0 Å². The molecule has 82 valence electrons. The van der Waals surface area contributed by atoms with Gasteiger partial charge >= 0.3 is 0 Å². The summed E-state index contributed by atoms with van der Waals surface area (Å²) in [5.41, 5.74) is 3.33. The number of hydrogen-bond donors (Lipinski definition) is 1. The highest BCUT2D eigenvalue weighted by molar-refractivity contribution is 5.39. The quantitative estimate of drug-likeness (QED) is 0.788. The van der Waals surface area contributed by atoms with Gasteiger partial charge in [0.2, 0.25) is 0 Å². The summed E-state index contributed by atoms with van der Waals surface area (Å²) in [5, 5.41) is 13.6. The van der Waals surface area contributed by atoms with Crippen LogP contribution in [0.15, 0.2) is 30.5 Å². The number of phenols is 1. The molecular weight excluding hydrogens is 204 g/mol. The van der Waals surface area contributed by atoms with Crippen LogP contribution >= 0.6 is 0 Å². The Morgan fingerprint density at radius 2 is 2.06 bits per heavy atom. The molecule has 0 unspecified atom stereocenters. The summed E-state index contributed by atoms with van der Waals surface area (Å²) < 4.78 is 7.28. The number of aromatic nitrogens is 2. The first-order valence-electron chi connectivity index (χ1n) is 5.27. The minimum Gasteiger partial charge on any atom is -0.508 e. The van der Waals surface area contributed by atoms with Crippen LogP contribution in [0.25, 0.3) is 5.69 Å². The molecule has 16 heavy (non-hydrogen) atoms. The van der Waals surface area contributed by atoms with Crippen molar-refractivity contribution in [3.05, 3.63) is 41.7 Å². The van der Waals surface area contributed by atoms with Gasteiger partial charge in [-0.25, -0.2) is 4.68 Å². The zero-order chi connectivity index (χ0) is 11.0. The summed E-state index contributed by atoms with van der Waals surface area (Å²) in [4.78, 5) is 0. The third kappa shape index (κ3) is 1.47. The van der Waals surface area contributed by atoms with E-state index in [2.05, 4.69) is 5.10 Å². The molecule has 2 aromatic rings. The SMILES string of the molecule is Oc1ccc(-n2ncc3c2CCOC3)cc1. The number of benzene rings is 1. The van der Waals surface area contributed by atoms with Gasteiger partial charge in [-0.3, -0.25) is 0 Å². The molecule has 0 bridgehead atoms. The molecule has 4 nitrogen and oxygen atoms in total. The molecule has 1 aliphatic rings. The Morgan fingerprint density at radius 1 is 1.25 bits per heavy atom. The third-order valence-corrected chi connectivity index (χ3v) is 2.79. The molecule has 2 heterocycles. The van der Waals surface area contributed by atoms with Crippen LogP contribution in [-0.4, -0.2) is 21.5 Å². The summed E-state index contributed by atoms with van der Waals surface area (Å²) in [5.74, 6) is 0.271. The van der Waals surface area contributed by atoms with Crippen LogP contribution in [-0.2, 0) is 17.8 Å². The van der Waals surface area contributed by atoms with Crippen molar-refractivity contribution in [3.63, 3.8) is 0 Å². The lowest BCUT2D eigenvalue weighted by atomic mass is 10.1.